The molecule has 0 aliphatic heterocycles. The fourth-order valence-electron chi connectivity index (χ4n) is 4.84. The number of allylic oxidation sites excluding steroid dienone is 1. The van der Waals surface area contributed by atoms with E-state index in [0.29, 0.717) is 5.56 Å². The SMILES string of the molecule is C[C@H]1c2cccc(O)c2C(O)=C2C(=O)[C@]3(O)C(=O)C(C(N)=O)=C(O)C(=O)[C@@H]3[C@@H](O)[C@@H]21. The summed E-state index contributed by atoms with van der Waals surface area (Å²) in [7, 11) is 0. The topological polar surface area (TPSA) is 195 Å². The van der Waals surface area contributed by atoms with Crippen LogP contribution in [0.25, 0.3) is 5.76 Å². The number of benzene rings is 1. The van der Waals surface area contributed by atoms with E-state index in [1.165, 1.54) is 12.1 Å². The van der Waals surface area contributed by atoms with Gasteiger partial charge in [0.05, 0.1) is 17.6 Å². The summed E-state index contributed by atoms with van der Waals surface area (Å²) < 4.78 is 0. The third kappa shape index (κ3) is 2.09. The molecule has 1 fully saturated rings. The van der Waals surface area contributed by atoms with Crippen LogP contribution in [0, 0.1) is 11.8 Å². The minimum absolute atomic E-state index is 0.109. The molecule has 0 radical (unpaired) electrons. The van der Waals surface area contributed by atoms with Gasteiger partial charge in [-0.25, -0.2) is 0 Å². The molecule has 10 heteroatoms. The second kappa shape index (κ2) is 6.00. The van der Waals surface area contributed by atoms with Crippen molar-refractivity contribution < 1.29 is 44.7 Å². The van der Waals surface area contributed by atoms with E-state index in [2.05, 4.69) is 0 Å². The number of primary amides is 1. The molecule has 0 bridgehead atoms. The van der Waals surface area contributed by atoms with Crippen molar-refractivity contribution in [3.05, 3.63) is 46.2 Å². The number of carbonyl (C=O) groups is 4. The first-order valence-electron chi connectivity index (χ1n) is 8.98. The lowest BCUT2D eigenvalue weighted by molar-refractivity contribution is -0.173. The van der Waals surface area contributed by atoms with Gasteiger partial charge < -0.3 is 31.3 Å². The van der Waals surface area contributed by atoms with Crippen LogP contribution in [0.3, 0.4) is 0 Å². The number of ketones is 3. The normalized spacial score (nSPS) is 33.2. The fourth-order valence-corrected chi connectivity index (χ4v) is 4.84. The van der Waals surface area contributed by atoms with Crippen LogP contribution in [0.4, 0.5) is 0 Å². The second-order valence-corrected chi connectivity index (χ2v) is 7.66. The number of nitrogens with two attached hydrogens (primary N) is 1. The van der Waals surface area contributed by atoms with Gasteiger partial charge in [-0.3, -0.25) is 19.2 Å². The summed E-state index contributed by atoms with van der Waals surface area (Å²) in [6.45, 7) is 1.57. The average Bonchev–Trinajstić information content (AvgIpc) is 2.67. The Morgan fingerprint density at radius 2 is 1.70 bits per heavy atom. The first-order chi connectivity index (χ1) is 14.0. The molecule has 0 saturated heterocycles. The Kier molecular flexibility index (Phi) is 3.96. The summed E-state index contributed by atoms with van der Waals surface area (Å²) in [6.07, 6.45) is -1.89. The predicted molar refractivity (Wildman–Crippen MR) is 97.9 cm³/mol. The van der Waals surface area contributed by atoms with Crippen LogP contribution in [0.15, 0.2) is 35.1 Å². The molecule has 0 aromatic heterocycles. The van der Waals surface area contributed by atoms with Crippen LogP contribution in [0.2, 0.25) is 0 Å². The van der Waals surface area contributed by atoms with Gasteiger partial charge in [0.1, 0.15) is 17.1 Å². The number of aliphatic hydroxyl groups excluding tert-OH is 3. The van der Waals surface area contributed by atoms with Crippen molar-refractivity contribution in [3.8, 4) is 5.75 Å². The third-order valence-corrected chi connectivity index (χ3v) is 6.25. The maximum Gasteiger partial charge on any atom is 0.256 e. The molecule has 4 rings (SSSR count). The molecule has 156 valence electrons. The molecule has 30 heavy (non-hydrogen) atoms. The Morgan fingerprint density at radius 3 is 2.30 bits per heavy atom. The number of amides is 1. The van der Waals surface area contributed by atoms with Crippen LogP contribution in [-0.4, -0.2) is 60.5 Å². The lowest BCUT2D eigenvalue weighted by Crippen LogP contribution is -2.69. The van der Waals surface area contributed by atoms with E-state index in [0.717, 1.165) is 0 Å². The van der Waals surface area contributed by atoms with Crippen LogP contribution in [0.5, 0.6) is 5.75 Å². The minimum Gasteiger partial charge on any atom is -0.507 e. The van der Waals surface area contributed by atoms with Crippen LogP contribution in [-0.2, 0) is 19.2 Å². The Hall–Kier alpha value is -3.50. The summed E-state index contributed by atoms with van der Waals surface area (Å²) in [5.41, 5.74) is 0.207. The Morgan fingerprint density at radius 1 is 1.07 bits per heavy atom. The van der Waals surface area contributed by atoms with Gasteiger partial charge in [0, 0.05) is 11.5 Å². The zero-order valence-corrected chi connectivity index (χ0v) is 15.5. The molecule has 1 aromatic rings. The standard InChI is InChI=1S/C20H17NO9/c1-5-6-3-2-4-7(22)9(6)13(23)10-8(5)14(24)12-16(26)15(25)11(19(21)29)18(28)20(12,30)17(10)27/h2-5,8,12,14,22-25,30H,1H3,(H2,21,29)/t5-,8+,12-,14-,20-/m0/s1. The fraction of sp³-hybridized carbons (Fsp3) is 0.300. The van der Waals surface area contributed by atoms with E-state index in [9.17, 15) is 44.7 Å². The van der Waals surface area contributed by atoms with Gasteiger partial charge in [0.15, 0.2) is 5.76 Å². The third-order valence-electron chi connectivity index (χ3n) is 6.25. The second-order valence-electron chi connectivity index (χ2n) is 7.66. The summed E-state index contributed by atoms with van der Waals surface area (Å²) in [6, 6.07) is 4.28. The lowest BCUT2D eigenvalue weighted by atomic mass is 9.55. The smallest absolute Gasteiger partial charge is 0.256 e. The highest BCUT2D eigenvalue weighted by molar-refractivity contribution is 6.37. The first kappa shape index (κ1) is 19.8. The maximum absolute atomic E-state index is 13.3. The van der Waals surface area contributed by atoms with Gasteiger partial charge in [-0.1, -0.05) is 19.1 Å². The van der Waals surface area contributed by atoms with E-state index < -0.39 is 75.4 Å². The number of phenolic OH excluding ortho intramolecular Hbond substituents is 1. The number of aliphatic hydroxyl groups is 4. The largest absolute Gasteiger partial charge is 0.507 e. The Bertz CT molecular complexity index is 1130. The summed E-state index contributed by atoms with van der Waals surface area (Å²) >= 11 is 0. The Labute approximate surface area is 168 Å². The highest BCUT2D eigenvalue weighted by Crippen LogP contribution is 2.54. The Balaban J connectivity index is 2.03. The number of carbonyl (C=O) groups excluding carboxylic acids is 4. The van der Waals surface area contributed by atoms with Crippen LogP contribution >= 0.6 is 0 Å². The monoisotopic (exact) mass is 415 g/mol. The van der Waals surface area contributed by atoms with E-state index >= 15 is 0 Å². The molecule has 1 aromatic carbocycles. The van der Waals surface area contributed by atoms with E-state index in [4.69, 9.17) is 5.73 Å². The van der Waals surface area contributed by atoms with Gasteiger partial charge in [0.25, 0.3) is 5.91 Å². The van der Waals surface area contributed by atoms with Crippen LogP contribution in [0.1, 0.15) is 24.0 Å². The zero-order chi connectivity index (χ0) is 22.3. The highest BCUT2D eigenvalue weighted by Gasteiger charge is 2.68. The molecular weight excluding hydrogens is 398 g/mol. The number of hydrogen-bond acceptors (Lipinski definition) is 9. The highest BCUT2D eigenvalue weighted by atomic mass is 16.3. The lowest BCUT2D eigenvalue weighted by Gasteiger charge is -2.49. The number of Topliss-reactive ketones (excluding diaryl/α,β-unsaturated/α-hetero) is 3. The van der Waals surface area contributed by atoms with E-state index in [-0.39, 0.29) is 11.3 Å². The number of hydrogen-bond donors (Lipinski definition) is 6. The van der Waals surface area contributed by atoms with Crippen molar-refractivity contribution in [1.29, 1.82) is 0 Å². The molecule has 10 nitrogen and oxygen atoms in total. The zero-order valence-electron chi connectivity index (χ0n) is 15.5. The molecule has 7 N–H and O–H groups in total. The van der Waals surface area contributed by atoms with Crippen molar-refractivity contribution in [2.75, 3.05) is 0 Å². The summed E-state index contributed by atoms with van der Waals surface area (Å²) in [4.78, 5) is 50.4. The van der Waals surface area contributed by atoms with Gasteiger partial charge in [-0.05, 0) is 17.5 Å². The number of phenols is 1. The van der Waals surface area contributed by atoms with Gasteiger partial charge in [-0.15, -0.1) is 0 Å². The summed E-state index contributed by atoms with van der Waals surface area (Å²) in [5, 5.41) is 52.9. The van der Waals surface area contributed by atoms with E-state index in [1.807, 2.05) is 0 Å². The van der Waals surface area contributed by atoms with Gasteiger partial charge in [-0.2, -0.15) is 0 Å². The predicted octanol–water partition coefficient (Wildman–Crippen LogP) is -0.865. The van der Waals surface area contributed by atoms with Crippen LogP contribution < -0.4 is 5.73 Å². The number of aromatic hydroxyl groups is 1. The molecule has 0 spiro atoms. The van der Waals surface area contributed by atoms with Crippen molar-refractivity contribution >= 4 is 29.0 Å². The maximum atomic E-state index is 13.3. The molecular formula is C20H17NO9. The van der Waals surface area contributed by atoms with Gasteiger partial charge >= 0.3 is 0 Å². The molecule has 0 unspecified atom stereocenters. The van der Waals surface area contributed by atoms with Crippen molar-refractivity contribution in [1.82, 2.24) is 0 Å². The van der Waals surface area contributed by atoms with Crippen molar-refractivity contribution in [3.63, 3.8) is 0 Å². The number of fused-ring (bicyclic) bond motifs is 3. The molecule has 1 amide bonds. The molecule has 0 heterocycles. The number of rotatable bonds is 1. The van der Waals surface area contributed by atoms with Gasteiger partial charge in [0.2, 0.25) is 23.0 Å². The summed E-state index contributed by atoms with van der Waals surface area (Å²) in [5.74, 6) is -12.5. The van der Waals surface area contributed by atoms with Crippen molar-refractivity contribution in [2.45, 2.75) is 24.5 Å². The average molecular weight is 415 g/mol. The quantitative estimate of drug-likeness (QED) is 0.250. The molecule has 3 aliphatic carbocycles. The van der Waals surface area contributed by atoms with Crippen molar-refractivity contribution in [2.24, 2.45) is 17.6 Å². The molecule has 3 aliphatic rings. The van der Waals surface area contributed by atoms with E-state index in [1.54, 1.807) is 13.0 Å². The first-order valence-corrected chi connectivity index (χ1v) is 8.98. The molecule has 1 saturated carbocycles. The minimum atomic E-state index is -3.26. The molecule has 5 atom stereocenters.